The minimum atomic E-state index is -0.350. The average molecular weight is 401 g/mol. The molecular formula is C30H24O. The van der Waals surface area contributed by atoms with Crippen LogP contribution >= 0.6 is 0 Å². The predicted molar refractivity (Wildman–Crippen MR) is 130 cm³/mol. The lowest BCUT2D eigenvalue weighted by atomic mass is 9.72. The topological polar surface area (TPSA) is 9.23 Å². The molecule has 1 unspecified atom stereocenters. The first kappa shape index (κ1) is 19.1. The van der Waals surface area contributed by atoms with Gasteiger partial charge in [0.2, 0.25) is 0 Å². The van der Waals surface area contributed by atoms with Gasteiger partial charge in [0.25, 0.3) is 0 Å². The summed E-state index contributed by atoms with van der Waals surface area (Å²) in [6.07, 6.45) is 6.41. The normalized spacial score (nSPS) is 16.7. The van der Waals surface area contributed by atoms with Crippen molar-refractivity contribution in [1.29, 1.82) is 0 Å². The largest absolute Gasteiger partial charge is 0.497 e. The van der Waals surface area contributed by atoms with Crippen LogP contribution in [0.3, 0.4) is 0 Å². The van der Waals surface area contributed by atoms with E-state index in [-0.39, 0.29) is 5.41 Å². The Hall–Kier alpha value is -3.84. The molecule has 4 aromatic rings. The van der Waals surface area contributed by atoms with E-state index in [1.807, 2.05) is 12.1 Å². The van der Waals surface area contributed by atoms with E-state index in [4.69, 9.17) is 4.74 Å². The van der Waals surface area contributed by atoms with Gasteiger partial charge in [-0.05, 0) is 57.1 Å². The molecule has 0 aliphatic heterocycles. The van der Waals surface area contributed by atoms with E-state index < -0.39 is 0 Å². The third kappa shape index (κ3) is 3.10. The second kappa shape index (κ2) is 7.77. The highest BCUT2D eigenvalue weighted by atomic mass is 16.5. The van der Waals surface area contributed by atoms with E-state index in [1.54, 1.807) is 7.11 Å². The van der Waals surface area contributed by atoms with E-state index in [9.17, 15) is 0 Å². The molecule has 0 saturated carbocycles. The van der Waals surface area contributed by atoms with Gasteiger partial charge in [0, 0.05) is 0 Å². The van der Waals surface area contributed by atoms with Gasteiger partial charge in [-0.2, -0.15) is 0 Å². The molecule has 1 atom stereocenters. The molecule has 31 heavy (non-hydrogen) atoms. The molecule has 0 heterocycles. The fourth-order valence-corrected chi connectivity index (χ4v) is 4.69. The fraction of sp³-hybridized carbons (Fsp3) is 0.0667. The maximum absolute atomic E-state index is 5.26. The zero-order chi connectivity index (χ0) is 21.3. The van der Waals surface area contributed by atoms with Crippen LogP contribution in [-0.2, 0) is 5.41 Å². The third-order valence-corrected chi connectivity index (χ3v) is 6.23. The van der Waals surface area contributed by atoms with Crippen LogP contribution in [0.2, 0.25) is 0 Å². The van der Waals surface area contributed by atoms with Crippen LogP contribution in [-0.4, -0.2) is 7.11 Å². The Bertz CT molecular complexity index is 1270. The number of fused-ring (bicyclic) bond motifs is 3. The molecular weight excluding hydrogens is 376 g/mol. The Morgan fingerprint density at radius 1 is 0.677 bits per heavy atom. The Morgan fingerprint density at radius 2 is 1.32 bits per heavy atom. The van der Waals surface area contributed by atoms with Gasteiger partial charge < -0.3 is 4.74 Å². The van der Waals surface area contributed by atoms with Gasteiger partial charge in [0.05, 0.1) is 12.5 Å². The third-order valence-electron chi connectivity index (χ3n) is 6.23. The lowest BCUT2D eigenvalue weighted by Crippen LogP contribution is -2.23. The minimum Gasteiger partial charge on any atom is -0.497 e. The summed E-state index contributed by atoms with van der Waals surface area (Å²) >= 11 is 0. The Balaban J connectivity index is 1.63. The van der Waals surface area contributed by atoms with Gasteiger partial charge in [-0.15, -0.1) is 6.58 Å². The zero-order valence-corrected chi connectivity index (χ0v) is 17.6. The molecule has 1 nitrogen and oxygen atoms in total. The summed E-state index contributed by atoms with van der Waals surface area (Å²) in [5.74, 6) is 0.867. The van der Waals surface area contributed by atoms with Crippen molar-refractivity contribution in [3.63, 3.8) is 0 Å². The number of benzene rings is 4. The van der Waals surface area contributed by atoms with E-state index in [0.717, 1.165) is 11.3 Å². The molecule has 1 aliphatic carbocycles. The fourth-order valence-electron chi connectivity index (χ4n) is 4.69. The van der Waals surface area contributed by atoms with Crippen molar-refractivity contribution < 1.29 is 4.74 Å². The molecule has 150 valence electrons. The maximum Gasteiger partial charge on any atom is 0.118 e. The number of methoxy groups -OCH3 is 1. The molecule has 0 amide bonds. The first-order chi connectivity index (χ1) is 15.3. The second-order valence-corrected chi connectivity index (χ2v) is 7.84. The lowest BCUT2D eigenvalue weighted by Gasteiger charge is -2.29. The number of hydrogen-bond acceptors (Lipinski definition) is 1. The number of rotatable bonds is 5. The molecule has 0 N–H and O–H groups in total. The standard InChI is InChI=1S/C30H24O/c1-3-30(24-9-5-4-6-10-24)28-12-8-7-11-26(28)27-20-17-23(21-29(27)30)14-13-22-15-18-25(31-2)19-16-22/h3-21H,1H2,2H3/b14-13+. The summed E-state index contributed by atoms with van der Waals surface area (Å²) in [5.41, 5.74) is 8.35. The summed E-state index contributed by atoms with van der Waals surface area (Å²) in [6.45, 7) is 4.30. The van der Waals surface area contributed by atoms with Crippen LogP contribution in [0.5, 0.6) is 5.75 Å². The molecule has 0 bridgehead atoms. The highest BCUT2D eigenvalue weighted by Gasteiger charge is 2.42. The minimum absolute atomic E-state index is 0.350. The summed E-state index contributed by atoms with van der Waals surface area (Å²) in [6, 6.07) is 34.2. The highest BCUT2D eigenvalue weighted by molar-refractivity contribution is 5.86. The molecule has 4 aromatic carbocycles. The number of ether oxygens (including phenoxy) is 1. The van der Waals surface area contributed by atoms with Gasteiger partial charge >= 0.3 is 0 Å². The Kier molecular flexibility index (Phi) is 4.80. The molecule has 0 spiro atoms. The van der Waals surface area contributed by atoms with Crippen molar-refractivity contribution in [2.75, 3.05) is 7.11 Å². The molecule has 0 radical (unpaired) electrons. The Morgan fingerprint density at radius 3 is 2.06 bits per heavy atom. The van der Waals surface area contributed by atoms with Crippen molar-refractivity contribution in [2.45, 2.75) is 5.41 Å². The first-order valence-corrected chi connectivity index (χ1v) is 10.5. The summed E-state index contributed by atoms with van der Waals surface area (Å²) in [7, 11) is 1.69. The van der Waals surface area contributed by atoms with E-state index in [1.165, 1.54) is 33.4 Å². The zero-order valence-electron chi connectivity index (χ0n) is 17.6. The smallest absolute Gasteiger partial charge is 0.118 e. The van der Waals surface area contributed by atoms with Gasteiger partial charge in [-0.3, -0.25) is 0 Å². The van der Waals surface area contributed by atoms with Crippen LogP contribution in [0.4, 0.5) is 0 Å². The van der Waals surface area contributed by atoms with Crippen molar-refractivity contribution in [1.82, 2.24) is 0 Å². The van der Waals surface area contributed by atoms with E-state index in [2.05, 4.69) is 110 Å². The van der Waals surface area contributed by atoms with Crippen molar-refractivity contribution in [2.24, 2.45) is 0 Å². The Labute approximate surface area is 184 Å². The van der Waals surface area contributed by atoms with Gasteiger partial charge in [-0.1, -0.05) is 97.1 Å². The molecule has 5 rings (SSSR count). The van der Waals surface area contributed by atoms with Crippen LogP contribution in [0.15, 0.2) is 110 Å². The quantitative estimate of drug-likeness (QED) is 0.251. The van der Waals surface area contributed by atoms with Gasteiger partial charge in [-0.25, -0.2) is 0 Å². The number of hydrogen-bond donors (Lipinski definition) is 0. The van der Waals surface area contributed by atoms with Crippen LogP contribution in [0, 0.1) is 0 Å². The molecule has 1 heteroatoms. The van der Waals surface area contributed by atoms with Crippen molar-refractivity contribution in [3.05, 3.63) is 138 Å². The molecule has 0 saturated heterocycles. The predicted octanol–water partition coefficient (Wildman–Crippen LogP) is 7.37. The maximum atomic E-state index is 5.26. The SMILES string of the molecule is C=CC1(c2ccccc2)c2ccccc2-c2ccc(/C=C/c3ccc(OC)cc3)cc21. The highest BCUT2D eigenvalue weighted by Crippen LogP contribution is 2.53. The molecule has 1 aliphatic rings. The van der Waals surface area contributed by atoms with Crippen molar-refractivity contribution >= 4 is 12.2 Å². The first-order valence-electron chi connectivity index (χ1n) is 10.5. The monoisotopic (exact) mass is 400 g/mol. The lowest BCUT2D eigenvalue weighted by molar-refractivity contribution is 0.415. The van der Waals surface area contributed by atoms with E-state index >= 15 is 0 Å². The average Bonchev–Trinajstić information content (AvgIpc) is 3.13. The van der Waals surface area contributed by atoms with Gasteiger partial charge in [0.1, 0.15) is 5.75 Å². The van der Waals surface area contributed by atoms with E-state index in [0.29, 0.717) is 0 Å². The summed E-state index contributed by atoms with van der Waals surface area (Å²) in [5, 5.41) is 0. The molecule has 0 fully saturated rings. The van der Waals surface area contributed by atoms with Gasteiger partial charge in [0.15, 0.2) is 0 Å². The van der Waals surface area contributed by atoms with Crippen LogP contribution in [0.1, 0.15) is 27.8 Å². The number of allylic oxidation sites excluding steroid dienone is 1. The molecule has 0 aromatic heterocycles. The van der Waals surface area contributed by atoms with Crippen LogP contribution in [0.25, 0.3) is 23.3 Å². The summed E-state index contributed by atoms with van der Waals surface area (Å²) < 4.78 is 5.26. The van der Waals surface area contributed by atoms with Crippen molar-refractivity contribution in [3.8, 4) is 16.9 Å². The summed E-state index contributed by atoms with van der Waals surface area (Å²) in [4.78, 5) is 0. The van der Waals surface area contributed by atoms with Crippen LogP contribution < -0.4 is 4.74 Å². The second-order valence-electron chi connectivity index (χ2n) is 7.84.